The van der Waals surface area contributed by atoms with Crippen LogP contribution in [0.15, 0.2) is 60.7 Å². The number of carbonyl (C=O) groups is 1. The molecule has 29 heavy (non-hydrogen) atoms. The SMILES string of the molecule is CCNc1nc(C)cc(Nc2ccc(NC(=O)/C=C/c3ccccc3Cl)cc2)n1. The van der Waals surface area contributed by atoms with Gasteiger partial charge in [0.25, 0.3) is 0 Å². The first kappa shape index (κ1) is 20.4. The predicted octanol–water partition coefficient (Wildman–Crippen LogP) is 5.27. The first-order chi connectivity index (χ1) is 14.0. The van der Waals surface area contributed by atoms with E-state index in [9.17, 15) is 4.79 Å². The summed E-state index contributed by atoms with van der Waals surface area (Å²) in [5.74, 6) is 1.06. The minimum Gasteiger partial charge on any atom is -0.354 e. The van der Waals surface area contributed by atoms with Crippen LogP contribution < -0.4 is 16.0 Å². The highest BCUT2D eigenvalue weighted by atomic mass is 35.5. The van der Waals surface area contributed by atoms with Gasteiger partial charge in [0.2, 0.25) is 11.9 Å². The van der Waals surface area contributed by atoms with Crippen molar-refractivity contribution >= 4 is 46.7 Å². The number of amides is 1. The molecule has 0 bridgehead atoms. The molecule has 0 radical (unpaired) electrons. The van der Waals surface area contributed by atoms with Crippen molar-refractivity contribution in [3.05, 3.63) is 77.0 Å². The normalized spacial score (nSPS) is 10.7. The van der Waals surface area contributed by atoms with Crippen molar-refractivity contribution in [1.29, 1.82) is 0 Å². The molecule has 0 saturated carbocycles. The third-order valence-electron chi connectivity index (χ3n) is 3.93. The Kier molecular flexibility index (Phi) is 6.81. The van der Waals surface area contributed by atoms with Crippen LogP contribution in [0.2, 0.25) is 5.02 Å². The second kappa shape index (κ2) is 9.71. The van der Waals surface area contributed by atoms with Crippen LogP contribution in [0.25, 0.3) is 6.08 Å². The molecule has 0 aliphatic rings. The highest BCUT2D eigenvalue weighted by Gasteiger charge is 2.03. The van der Waals surface area contributed by atoms with E-state index in [0.29, 0.717) is 22.5 Å². The predicted molar refractivity (Wildman–Crippen MR) is 120 cm³/mol. The molecule has 0 aliphatic carbocycles. The number of hydrogen-bond acceptors (Lipinski definition) is 5. The van der Waals surface area contributed by atoms with Gasteiger partial charge in [-0.25, -0.2) is 4.98 Å². The zero-order valence-electron chi connectivity index (χ0n) is 16.2. The topological polar surface area (TPSA) is 78.9 Å². The number of hydrogen-bond donors (Lipinski definition) is 3. The lowest BCUT2D eigenvalue weighted by atomic mass is 10.2. The van der Waals surface area contributed by atoms with Crippen molar-refractivity contribution in [2.75, 3.05) is 22.5 Å². The van der Waals surface area contributed by atoms with E-state index in [1.807, 2.05) is 62.4 Å². The second-order valence-corrected chi connectivity index (χ2v) is 6.70. The Labute approximate surface area is 175 Å². The van der Waals surface area contributed by atoms with Crippen LogP contribution in [-0.2, 0) is 4.79 Å². The monoisotopic (exact) mass is 407 g/mol. The lowest BCUT2D eigenvalue weighted by Gasteiger charge is -2.10. The smallest absolute Gasteiger partial charge is 0.248 e. The van der Waals surface area contributed by atoms with Crippen molar-refractivity contribution in [3.8, 4) is 0 Å². The van der Waals surface area contributed by atoms with Gasteiger partial charge in [-0.2, -0.15) is 4.98 Å². The maximum Gasteiger partial charge on any atom is 0.248 e. The van der Waals surface area contributed by atoms with Crippen molar-refractivity contribution in [3.63, 3.8) is 0 Å². The standard InChI is InChI=1S/C22H22ClN5O/c1-3-24-22-25-15(2)14-20(28-22)26-17-9-11-18(12-10-17)27-21(29)13-8-16-6-4-5-7-19(16)23/h4-14H,3H2,1-2H3,(H,27,29)(H2,24,25,26,28)/b13-8+. The minimum atomic E-state index is -0.229. The fourth-order valence-electron chi connectivity index (χ4n) is 2.61. The fraction of sp³-hybridized carbons (Fsp3) is 0.136. The molecule has 0 saturated heterocycles. The summed E-state index contributed by atoms with van der Waals surface area (Å²) in [5, 5.41) is 9.78. The van der Waals surface area contributed by atoms with Crippen molar-refractivity contribution < 1.29 is 4.79 Å². The van der Waals surface area contributed by atoms with Gasteiger partial charge in [-0.3, -0.25) is 4.79 Å². The molecule has 7 heteroatoms. The van der Waals surface area contributed by atoms with E-state index < -0.39 is 0 Å². The first-order valence-electron chi connectivity index (χ1n) is 9.23. The molecule has 0 unspecified atom stereocenters. The summed E-state index contributed by atoms with van der Waals surface area (Å²) in [6.45, 7) is 4.67. The Morgan fingerprint density at radius 2 is 1.79 bits per heavy atom. The Hall–Kier alpha value is -3.38. The number of aromatic nitrogens is 2. The second-order valence-electron chi connectivity index (χ2n) is 6.29. The molecular weight excluding hydrogens is 386 g/mol. The average molecular weight is 408 g/mol. The van der Waals surface area contributed by atoms with Crippen LogP contribution in [0.5, 0.6) is 0 Å². The van der Waals surface area contributed by atoms with Crippen LogP contribution in [0, 0.1) is 6.92 Å². The van der Waals surface area contributed by atoms with Gasteiger partial charge >= 0.3 is 0 Å². The molecular formula is C22H22ClN5O. The molecule has 3 aromatic rings. The summed E-state index contributed by atoms with van der Waals surface area (Å²) in [6, 6.07) is 16.6. The maximum absolute atomic E-state index is 12.1. The first-order valence-corrected chi connectivity index (χ1v) is 9.61. The zero-order valence-corrected chi connectivity index (χ0v) is 17.0. The number of aryl methyl sites for hydroxylation is 1. The summed E-state index contributed by atoms with van der Waals surface area (Å²) in [6.07, 6.45) is 3.15. The third kappa shape index (κ3) is 6.05. The van der Waals surface area contributed by atoms with Gasteiger partial charge in [-0.1, -0.05) is 29.8 Å². The van der Waals surface area contributed by atoms with Crippen LogP contribution in [-0.4, -0.2) is 22.4 Å². The van der Waals surface area contributed by atoms with E-state index in [0.717, 1.165) is 23.5 Å². The van der Waals surface area contributed by atoms with Gasteiger partial charge in [0, 0.05) is 40.8 Å². The molecule has 0 aliphatic heterocycles. The quantitative estimate of drug-likeness (QED) is 0.465. The number of carbonyl (C=O) groups excluding carboxylic acids is 1. The number of anilines is 4. The summed E-state index contributed by atoms with van der Waals surface area (Å²) >= 11 is 6.09. The number of nitrogens with one attached hydrogen (secondary N) is 3. The molecule has 1 amide bonds. The number of halogens is 1. The van der Waals surface area contributed by atoms with Gasteiger partial charge in [-0.05, 0) is 55.8 Å². The summed E-state index contributed by atoms with van der Waals surface area (Å²) in [4.78, 5) is 20.9. The highest BCUT2D eigenvalue weighted by Crippen LogP contribution is 2.20. The van der Waals surface area contributed by atoms with Crippen LogP contribution >= 0.6 is 11.6 Å². The Bertz CT molecular complexity index is 1020. The van der Waals surface area contributed by atoms with Crippen LogP contribution in [0.1, 0.15) is 18.2 Å². The fourth-order valence-corrected chi connectivity index (χ4v) is 2.81. The largest absolute Gasteiger partial charge is 0.354 e. The average Bonchev–Trinajstić information content (AvgIpc) is 2.69. The molecule has 2 aromatic carbocycles. The molecule has 148 valence electrons. The highest BCUT2D eigenvalue weighted by molar-refractivity contribution is 6.32. The molecule has 1 heterocycles. The van der Waals surface area contributed by atoms with Crippen LogP contribution in [0.4, 0.5) is 23.1 Å². The third-order valence-corrected chi connectivity index (χ3v) is 4.28. The van der Waals surface area contributed by atoms with E-state index in [1.165, 1.54) is 6.08 Å². The minimum absolute atomic E-state index is 0.229. The Balaban J connectivity index is 1.61. The summed E-state index contributed by atoms with van der Waals surface area (Å²) in [7, 11) is 0. The van der Waals surface area contributed by atoms with E-state index in [-0.39, 0.29) is 5.91 Å². The molecule has 3 N–H and O–H groups in total. The zero-order chi connectivity index (χ0) is 20.6. The van der Waals surface area contributed by atoms with Crippen molar-refractivity contribution in [1.82, 2.24) is 9.97 Å². The number of nitrogens with zero attached hydrogens (tertiary/aromatic N) is 2. The van der Waals surface area contributed by atoms with Gasteiger partial charge in [-0.15, -0.1) is 0 Å². The van der Waals surface area contributed by atoms with Crippen molar-refractivity contribution in [2.45, 2.75) is 13.8 Å². The van der Waals surface area contributed by atoms with E-state index in [1.54, 1.807) is 12.1 Å². The van der Waals surface area contributed by atoms with Gasteiger partial charge in [0.1, 0.15) is 5.82 Å². The molecule has 3 rings (SSSR count). The van der Waals surface area contributed by atoms with Gasteiger partial charge in [0.15, 0.2) is 0 Å². The van der Waals surface area contributed by atoms with E-state index in [2.05, 4.69) is 25.9 Å². The molecule has 0 spiro atoms. The van der Waals surface area contributed by atoms with E-state index in [4.69, 9.17) is 11.6 Å². The van der Waals surface area contributed by atoms with Crippen molar-refractivity contribution in [2.24, 2.45) is 0 Å². The van der Waals surface area contributed by atoms with Gasteiger partial charge in [0.05, 0.1) is 0 Å². The maximum atomic E-state index is 12.1. The summed E-state index contributed by atoms with van der Waals surface area (Å²) in [5.41, 5.74) is 3.21. The number of benzene rings is 2. The van der Waals surface area contributed by atoms with Gasteiger partial charge < -0.3 is 16.0 Å². The lowest BCUT2D eigenvalue weighted by molar-refractivity contribution is -0.111. The Morgan fingerprint density at radius 1 is 1.07 bits per heavy atom. The Morgan fingerprint density at radius 3 is 2.52 bits per heavy atom. The summed E-state index contributed by atoms with van der Waals surface area (Å²) < 4.78 is 0. The van der Waals surface area contributed by atoms with E-state index >= 15 is 0 Å². The number of rotatable bonds is 7. The molecule has 0 atom stereocenters. The molecule has 0 fully saturated rings. The van der Waals surface area contributed by atoms with Crippen LogP contribution in [0.3, 0.4) is 0 Å². The lowest BCUT2D eigenvalue weighted by Crippen LogP contribution is -2.08. The molecule has 1 aromatic heterocycles. The molecule has 6 nitrogen and oxygen atoms in total.